The Kier molecular flexibility index (Phi) is 4.33. The van der Waals surface area contributed by atoms with Crippen molar-refractivity contribution in [2.75, 3.05) is 4.90 Å². The minimum atomic E-state index is 0.202. The number of para-hydroxylation sites is 2. The van der Waals surface area contributed by atoms with Crippen LogP contribution in [0.1, 0.15) is 28.2 Å². The number of rotatable bonds is 2. The molecule has 5 aromatic carbocycles. The average Bonchev–Trinajstić information content (AvgIpc) is 3.52. The van der Waals surface area contributed by atoms with E-state index in [1.165, 1.54) is 77.8 Å². The van der Waals surface area contributed by atoms with Gasteiger partial charge in [-0.2, -0.15) is 0 Å². The first-order chi connectivity index (χ1) is 19.7. The normalized spacial score (nSPS) is 18.5. The number of hydrogen-bond donors (Lipinski definition) is 0. The molecule has 0 saturated heterocycles. The van der Waals surface area contributed by atoms with E-state index >= 15 is 0 Å². The quantitative estimate of drug-likeness (QED) is 0.224. The highest BCUT2D eigenvalue weighted by Gasteiger charge is 2.48. The van der Waals surface area contributed by atoms with Crippen LogP contribution in [0.15, 0.2) is 121 Å². The number of anilines is 2. The summed E-state index contributed by atoms with van der Waals surface area (Å²) in [6, 6.07) is 40.6. The maximum Gasteiger partial charge on any atom is 0.0857 e. The minimum absolute atomic E-state index is 0.202. The molecule has 0 saturated carbocycles. The number of aryl methyl sites for hydroxylation is 2. The molecule has 2 unspecified atom stereocenters. The van der Waals surface area contributed by atoms with Crippen molar-refractivity contribution >= 4 is 44.5 Å². The smallest absolute Gasteiger partial charge is 0.0857 e. The third kappa shape index (κ3) is 2.68. The van der Waals surface area contributed by atoms with E-state index < -0.39 is 0 Å². The minimum Gasteiger partial charge on any atom is -0.329 e. The van der Waals surface area contributed by atoms with Crippen LogP contribution in [-0.2, 0) is 0 Å². The predicted octanol–water partition coefficient (Wildman–Crippen LogP) is 9.63. The van der Waals surface area contributed by atoms with Gasteiger partial charge in [0, 0.05) is 28.1 Å². The fourth-order valence-corrected chi connectivity index (χ4v) is 7.74. The molecule has 3 aliphatic rings. The Morgan fingerprint density at radius 3 is 2.10 bits per heavy atom. The molecule has 2 heteroatoms. The summed E-state index contributed by atoms with van der Waals surface area (Å²) >= 11 is 0. The van der Waals surface area contributed by atoms with Crippen LogP contribution in [0.25, 0.3) is 44.2 Å². The number of fused-ring (bicyclic) bond motifs is 8. The second-order valence-corrected chi connectivity index (χ2v) is 11.4. The molecule has 190 valence electrons. The zero-order valence-electron chi connectivity index (χ0n) is 22.6. The zero-order valence-corrected chi connectivity index (χ0v) is 22.6. The third-order valence-electron chi connectivity index (χ3n) is 9.40. The van der Waals surface area contributed by atoms with Gasteiger partial charge in [-0.15, -0.1) is 0 Å². The van der Waals surface area contributed by atoms with Crippen LogP contribution in [-0.4, -0.2) is 10.6 Å². The molecule has 0 spiro atoms. The highest BCUT2D eigenvalue weighted by molar-refractivity contribution is 6.22. The van der Waals surface area contributed by atoms with Crippen molar-refractivity contribution in [2.24, 2.45) is 0 Å². The van der Waals surface area contributed by atoms with Gasteiger partial charge in [0.15, 0.2) is 0 Å². The van der Waals surface area contributed by atoms with E-state index in [-0.39, 0.29) is 12.0 Å². The Morgan fingerprint density at radius 1 is 0.575 bits per heavy atom. The van der Waals surface area contributed by atoms with Crippen LogP contribution in [0.3, 0.4) is 0 Å². The van der Waals surface area contributed by atoms with Crippen LogP contribution in [0.2, 0.25) is 0 Å². The molecule has 0 bridgehead atoms. The summed E-state index contributed by atoms with van der Waals surface area (Å²) < 4.78 is 2.58. The number of hydrogen-bond acceptors (Lipinski definition) is 1. The molecular weight excluding hydrogens is 484 g/mol. The molecule has 40 heavy (non-hydrogen) atoms. The first-order valence-electron chi connectivity index (χ1n) is 14.2. The summed E-state index contributed by atoms with van der Waals surface area (Å²) in [7, 11) is 0. The third-order valence-corrected chi connectivity index (χ3v) is 9.40. The fraction of sp³-hybridized carbons (Fsp3) is 0.105. The summed E-state index contributed by atoms with van der Waals surface area (Å²) in [6.45, 7) is 4.46. The van der Waals surface area contributed by atoms with Crippen LogP contribution >= 0.6 is 0 Å². The Morgan fingerprint density at radius 2 is 1.27 bits per heavy atom. The lowest BCUT2D eigenvalue weighted by Gasteiger charge is -2.40. The summed E-state index contributed by atoms with van der Waals surface area (Å²) in [5.41, 5.74) is 16.0. The van der Waals surface area contributed by atoms with Crippen molar-refractivity contribution in [3.05, 3.63) is 144 Å². The van der Waals surface area contributed by atoms with Gasteiger partial charge in [-0.25, -0.2) is 0 Å². The molecular formula is C38H28N2. The number of nitrogens with zero attached hydrogens (tertiary/aromatic N) is 2. The van der Waals surface area contributed by atoms with E-state index in [2.05, 4.69) is 145 Å². The average molecular weight is 513 g/mol. The largest absolute Gasteiger partial charge is 0.329 e. The van der Waals surface area contributed by atoms with Gasteiger partial charge in [0.2, 0.25) is 0 Å². The van der Waals surface area contributed by atoms with Crippen molar-refractivity contribution < 1.29 is 0 Å². The maximum atomic E-state index is 2.64. The van der Waals surface area contributed by atoms with Gasteiger partial charge in [0.05, 0.1) is 22.8 Å². The first-order valence-corrected chi connectivity index (χ1v) is 14.2. The highest BCUT2D eigenvalue weighted by atomic mass is 15.3. The van der Waals surface area contributed by atoms with E-state index in [0.29, 0.717) is 0 Å². The van der Waals surface area contributed by atoms with Crippen molar-refractivity contribution in [1.29, 1.82) is 0 Å². The monoisotopic (exact) mass is 512 g/mol. The van der Waals surface area contributed by atoms with Gasteiger partial charge in [-0.05, 0) is 77.1 Å². The molecule has 0 amide bonds. The maximum absolute atomic E-state index is 2.64. The van der Waals surface area contributed by atoms with Crippen molar-refractivity contribution in [3.8, 4) is 11.1 Å². The van der Waals surface area contributed by atoms with Crippen molar-refractivity contribution in [1.82, 2.24) is 4.57 Å². The van der Waals surface area contributed by atoms with Crippen LogP contribution in [0.4, 0.5) is 11.4 Å². The summed E-state index contributed by atoms with van der Waals surface area (Å²) in [4.78, 5) is 2.64. The van der Waals surface area contributed by atoms with Gasteiger partial charge < -0.3 is 9.47 Å². The predicted molar refractivity (Wildman–Crippen MR) is 168 cm³/mol. The van der Waals surface area contributed by atoms with Crippen molar-refractivity contribution in [3.63, 3.8) is 0 Å². The molecule has 0 N–H and O–H groups in total. The Labute approximate surface area is 234 Å². The number of aromatic nitrogens is 1. The first kappa shape index (κ1) is 22.0. The number of allylic oxidation sites excluding steroid dienone is 2. The summed E-state index contributed by atoms with van der Waals surface area (Å²) in [5, 5.41) is 2.66. The molecule has 3 heterocycles. The van der Waals surface area contributed by atoms with Gasteiger partial charge in [-0.3, -0.25) is 0 Å². The lowest BCUT2D eigenvalue weighted by Crippen LogP contribution is -2.38. The molecule has 9 rings (SSSR count). The van der Waals surface area contributed by atoms with E-state index in [1.807, 2.05) is 0 Å². The van der Waals surface area contributed by atoms with Crippen LogP contribution < -0.4 is 4.90 Å². The van der Waals surface area contributed by atoms with Gasteiger partial charge >= 0.3 is 0 Å². The molecule has 0 fully saturated rings. The molecule has 6 aromatic rings. The van der Waals surface area contributed by atoms with E-state index in [1.54, 1.807) is 0 Å². The Balaban J connectivity index is 1.43. The summed E-state index contributed by atoms with van der Waals surface area (Å²) in [5.74, 6) is 0.262. The van der Waals surface area contributed by atoms with Crippen LogP contribution in [0.5, 0.6) is 0 Å². The molecule has 2 nitrogen and oxygen atoms in total. The molecule has 1 aliphatic carbocycles. The standard InChI is InChI=1S/C38H28N2/c1-23-11-3-5-13-25(23)27-19-21-33-37-35(27)29-15-7-9-17-31(29)39(37)34-22-20-28(26-14-6-4-12-24(26)2)36-30-16-8-10-18-32(30)40(33)38(34)36/h3-22,35,37H,1-2H3. The Bertz CT molecular complexity index is 2100. The lowest BCUT2D eigenvalue weighted by molar-refractivity contribution is 0.736. The SMILES string of the molecule is Cc1ccccc1C1=CC=C2C3C1c1ccccc1N3c1ccc(-c3ccccc3C)c3c4ccccc4n2c13. The van der Waals surface area contributed by atoms with E-state index in [4.69, 9.17) is 0 Å². The van der Waals surface area contributed by atoms with E-state index in [9.17, 15) is 0 Å². The Hall–Kier alpha value is -4.82. The number of benzene rings is 5. The molecule has 2 aliphatic heterocycles. The van der Waals surface area contributed by atoms with E-state index in [0.717, 1.165) is 0 Å². The molecule has 2 atom stereocenters. The lowest BCUT2D eigenvalue weighted by atomic mass is 9.78. The van der Waals surface area contributed by atoms with Gasteiger partial charge in [-0.1, -0.05) is 97.1 Å². The van der Waals surface area contributed by atoms with Gasteiger partial charge in [0.1, 0.15) is 0 Å². The van der Waals surface area contributed by atoms with Crippen molar-refractivity contribution in [2.45, 2.75) is 25.8 Å². The highest BCUT2D eigenvalue weighted by Crippen LogP contribution is 2.60. The topological polar surface area (TPSA) is 8.17 Å². The molecule has 0 radical (unpaired) electrons. The van der Waals surface area contributed by atoms with Gasteiger partial charge in [0.25, 0.3) is 0 Å². The fourth-order valence-electron chi connectivity index (χ4n) is 7.74. The second-order valence-electron chi connectivity index (χ2n) is 11.4. The van der Waals surface area contributed by atoms with Crippen LogP contribution in [0, 0.1) is 13.8 Å². The second kappa shape index (κ2) is 7.86. The zero-order chi connectivity index (χ0) is 26.5. The summed E-state index contributed by atoms with van der Waals surface area (Å²) in [6.07, 6.45) is 4.80. The molecule has 1 aromatic heterocycles.